The van der Waals surface area contributed by atoms with Crippen LogP contribution in [0.15, 0.2) is 53.1 Å². The second-order valence-corrected chi connectivity index (χ2v) is 5.10. The number of fused-ring (bicyclic) bond motifs is 1. The van der Waals surface area contributed by atoms with Crippen LogP contribution < -0.4 is 0 Å². The molecule has 0 aliphatic rings. The molecule has 2 nitrogen and oxygen atoms in total. The summed E-state index contributed by atoms with van der Waals surface area (Å²) in [5, 5.41) is 0. The number of alkyl halides is 3. The van der Waals surface area contributed by atoms with E-state index in [9.17, 15) is 13.2 Å². The summed E-state index contributed by atoms with van der Waals surface area (Å²) in [7, 11) is 0. The van der Waals surface area contributed by atoms with Crippen molar-refractivity contribution in [1.82, 2.24) is 9.38 Å². The lowest BCUT2D eigenvalue weighted by atomic mass is 10.2. The molecule has 0 aliphatic heterocycles. The zero-order valence-electron chi connectivity index (χ0n) is 10.0. The number of benzene rings is 1. The van der Waals surface area contributed by atoms with Crippen LogP contribution in [-0.2, 0) is 6.18 Å². The first-order chi connectivity index (χ1) is 9.47. The molecule has 1 aromatic carbocycles. The first-order valence-corrected chi connectivity index (χ1v) is 6.56. The summed E-state index contributed by atoms with van der Waals surface area (Å²) in [6.07, 6.45) is -3.01. The first kappa shape index (κ1) is 13.2. The van der Waals surface area contributed by atoms with Gasteiger partial charge in [0.1, 0.15) is 11.3 Å². The molecule has 2 aromatic heterocycles. The second kappa shape index (κ2) is 4.63. The summed E-state index contributed by atoms with van der Waals surface area (Å²) in [5.41, 5.74) is 0.782. The van der Waals surface area contributed by atoms with E-state index in [0.717, 1.165) is 20.5 Å². The third-order valence-corrected chi connectivity index (χ3v) is 3.62. The molecule has 0 saturated heterocycles. The van der Waals surface area contributed by atoms with Crippen molar-refractivity contribution < 1.29 is 13.2 Å². The molecule has 6 heteroatoms. The van der Waals surface area contributed by atoms with Crippen LogP contribution >= 0.6 is 15.9 Å². The van der Waals surface area contributed by atoms with Crippen molar-refractivity contribution >= 4 is 21.6 Å². The van der Waals surface area contributed by atoms with Crippen LogP contribution in [0.4, 0.5) is 13.2 Å². The minimum atomic E-state index is -4.41. The highest BCUT2D eigenvalue weighted by Crippen LogP contribution is 2.32. The summed E-state index contributed by atoms with van der Waals surface area (Å²) in [6, 6.07) is 11.2. The zero-order valence-corrected chi connectivity index (χ0v) is 11.6. The van der Waals surface area contributed by atoms with Gasteiger partial charge >= 0.3 is 6.18 Å². The van der Waals surface area contributed by atoms with Crippen LogP contribution in [0, 0.1) is 0 Å². The van der Waals surface area contributed by atoms with Crippen LogP contribution in [0.25, 0.3) is 16.9 Å². The van der Waals surface area contributed by atoms with Gasteiger partial charge in [0.25, 0.3) is 0 Å². The van der Waals surface area contributed by atoms with Gasteiger partial charge in [-0.1, -0.05) is 40.2 Å². The van der Waals surface area contributed by atoms with Crippen molar-refractivity contribution in [2.45, 2.75) is 6.18 Å². The summed E-state index contributed by atoms with van der Waals surface area (Å²) >= 11 is 3.38. The maximum atomic E-state index is 13.0. The number of imidazole rings is 1. The highest BCUT2D eigenvalue weighted by Gasteiger charge is 2.33. The first-order valence-electron chi connectivity index (χ1n) is 5.77. The quantitative estimate of drug-likeness (QED) is 0.623. The predicted molar refractivity (Wildman–Crippen MR) is 73.3 cm³/mol. The topological polar surface area (TPSA) is 17.3 Å². The monoisotopic (exact) mass is 340 g/mol. The van der Waals surface area contributed by atoms with Gasteiger partial charge in [0, 0.05) is 16.2 Å². The van der Waals surface area contributed by atoms with Crippen molar-refractivity contribution in [1.29, 1.82) is 0 Å². The number of pyridine rings is 1. The highest BCUT2D eigenvalue weighted by atomic mass is 79.9. The number of hydrogen-bond acceptors (Lipinski definition) is 1. The van der Waals surface area contributed by atoms with E-state index in [1.54, 1.807) is 12.1 Å². The van der Waals surface area contributed by atoms with E-state index in [4.69, 9.17) is 0 Å². The second-order valence-electron chi connectivity index (χ2n) is 4.24. The van der Waals surface area contributed by atoms with Crippen molar-refractivity contribution in [3.8, 4) is 11.3 Å². The average Bonchev–Trinajstić information content (AvgIpc) is 2.81. The van der Waals surface area contributed by atoms with Gasteiger partial charge in [-0.2, -0.15) is 13.2 Å². The third-order valence-electron chi connectivity index (χ3n) is 2.93. The van der Waals surface area contributed by atoms with Gasteiger partial charge in [-0.15, -0.1) is 0 Å². The van der Waals surface area contributed by atoms with Gasteiger partial charge in [-0.3, -0.25) is 4.40 Å². The summed E-state index contributed by atoms with van der Waals surface area (Å²) in [6.45, 7) is 0. The Bertz CT molecular complexity index is 777. The van der Waals surface area contributed by atoms with E-state index >= 15 is 0 Å². The van der Waals surface area contributed by atoms with E-state index in [-0.39, 0.29) is 5.65 Å². The van der Waals surface area contributed by atoms with Gasteiger partial charge in [0.2, 0.25) is 0 Å². The zero-order chi connectivity index (χ0) is 14.3. The molecule has 3 rings (SSSR count). The summed E-state index contributed by atoms with van der Waals surface area (Å²) < 4.78 is 40.7. The Morgan fingerprint density at radius 2 is 1.75 bits per heavy atom. The SMILES string of the molecule is FC(F)(F)c1cccc2nc(-c3ccccc3Br)cn12. The molecule has 0 aliphatic carbocycles. The van der Waals surface area contributed by atoms with Crippen LogP contribution in [0.2, 0.25) is 0 Å². The maximum absolute atomic E-state index is 13.0. The Morgan fingerprint density at radius 3 is 2.45 bits per heavy atom. The number of nitrogens with zero attached hydrogens (tertiary/aromatic N) is 2. The van der Waals surface area contributed by atoms with Crippen LogP contribution in [0.5, 0.6) is 0 Å². The van der Waals surface area contributed by atoms with Gasteiger partial charge in [-0.25, -0.2) is 4.98 Å². The number of aromatic nitrogens is 2. The van der Waals surface area contributed by atoms with Crippen molar-refractivity contribution in [2.75, 3.05) is 0 Å². The highest BCUT2D eigenvalue weighted by molar-refractivity contribution is 9.10. The van der Waals surface area contributed by atoms with Crippen LogP contribution in [0.3, 0.4) is 0 Å². The molecule has 102 valence electrons. The minimum Gasteiger partial charge on any atom is -0.295 e. The van der Waals surface area contributed by atoms with E-state index < -0.39 is 11.9 Å². The fourth-order valence-corrected chi connectivity index (χ4v) is 2.53. The maximum Gasteiger partial charge on any atom is 0.431 e. The molecule has 0 radical (unpaired) electrons. The lowest BCUT2D eigenvalue weighted by molar-refractivity contribution is -0.142. The summed E-state index contributed by atoms with van der Waals surface area (Å²) in [5.74, 6) is 0. The normalized spacial score (nSPS) is 12.0. The Kier molecular flexibility index (Phi) is 3.05. The number of halogens is 4. The molecule has 3 aromatic rings. The molecule has 0 spiro atoms. The van der Waals surface area contributed by atoms with Crippen molar-refractivity contribution in [3.05, 3.63) is 58.8 Å². The molecule has 2 heterocycles. The van der Waals surface area contributed by atoms with E-state index in [2.05, 4.69) is 20.9 Å². The van der Waals surface area contributed by atoms with Crippen LogP contribution in [-0.4, -0.2) is 9.38 Å². The standard InChI is InChI=1S/C14H8BrF3N2/c15-10-5-2-1-4-9(10)11-8-20-12(14(16,17)18)6-3-7-13(20)19-11/h1-8H. The molecule has 20 heavy (non-hydrogen) atoms. The largest absolute Gasteiger partial charge is 0.431 e. The fraction of sp³-hybridized carbons (Fsp3) is 0.0714. The molecule has 0 fully saturated rings. The van der Waals surface area contributed by atoms with E-state index in [1.807, 2.05) is 18.2 Å². The van der Waals surface area contributed by atoms with Gasteiger partial charge < -0.3 is 0 Å². The molecule has 0 N–H and O–H groups in total. The number of hydrogen-bond donors (Lipinski definition) is 0. The Labute approximate surface area is 121 Å². The molecule has 0 amide bonds. The molecular formula is C14H8BrF3N2. The van der Waals surface area contributed by atoms with Gasteiger partial charge in [0.05, 0.1) is 5.69 Å². The minimum absolute atomic E-state index is 0.269. The Morgan fingerprint density at radius 1 is 1.00 bits per heavy atom. The third kappa shape index (κ3) is 2.20. The van der Waals surface area contributed by atoms with Gasteiger partial charge in [-0.05, 0) is 18.2 Å². The van der Waals surface area contributed by atoms with E-state index in [1.165, 1.54) is 12.3 Å². The number of rotatable bonds is 1. The lowest BCUT2D eigenvalue weighted by Gasteiger charge is -2.08. The van der Waals surface area contributed by atoms with Crippen molar-refractivity contribution in [3.63, 3.8) is 0 Å². The molecule has 0 saturated carbocycles. The molecule has 0 bridgehead atoms. The Balaban J connectivity index is 2.24. The van der Waals surface area contributed by atoms with Crippen molar-refractivity contribution in [2.24, 2.45) is 0 Å². The fourth-order valence-electron chi connectivity index (χ4n) is 2.04. The lowest BCUT2D eigenvalue weighted by Crippen LogP contribution is -2.10. The smallest absolute Gasteiger partial charge is 0.295 e. The molecule has 0 unspecified atom stereocenters. The molecule has 0 atom stereocenters. The predicted octanol–water partition coefficient (Wildman–Crippen LogP) is 4.78. The Hall–Kier alpha value is -1.82. The van der Waals surface area contributed by atoms with Gasteiger partial charge in [0.15, 0.2) is 0 Å². The van der Waals surface area contributed by atoms with E-state index in [0.29, 0.717) is 5.69 Å². The van der Waals surface area contributed by atoms with Crippen LogP contribution in [0.1, 0.15) is 5.69 Å². The summed E-state index contributed by atoms with van der Waals surface area (Å²) in [4.78, 5) is 4.25. The molecular weight excluding hydrogens is 333 g/mol. The average molecular weight is 341 g/mol.